The van der Waals surface area contributed by atoms with Gasteiger partial charge in [0.2, 0.25) is 11.6 Å². The first-order chi connectivity index (χ1) is 13.9. The summed E-state index contributed by atoms with van der Waals surface area (Å²) in [5.74, 6) is 0.897. The molecule has 0 bridgehead atoms. The molecule has 4 rings (SSSR count). The lowest BCUT2D eigenvalue weighted by atomic mass is 10.0. The van der Waals surface area contributed by atoms with E-state index >= 15 is 0 Å². The van der Waals surface area contributed by atoms with Crippen LogP contribution < -0.4 is 15.9 Å². The number of rotatable bonds is 4. The second-order valence-corrected chi connectivity index (χ2v) is 8.02. The fourth-order valence-electron chi connectivity index (χ4n) is 3.70. The number of halogens is 1. The molecule has 29 heavy (non-hydrogen) atoms. The monoisotopic (exact) mass is 414 g/mol. The van der Waals surface area contributed by atoms with Crippen LogP contribution in [0.5, 0.6) is 0 Å². The van der Waals surface area contributed by atoms with Crippen molar-refractivity contribution in [2.45, 2.75) is 33.2 Å². The van der Waals surface area contributed by atoms with Gasteiger partial charge in [-0.3, -0.25) is 4.79 Å². The molecule has 3 heterocycles. The first-order valence-electron chi connectivity index (χ1n) is 9.67. The van der Waals surface area contributed by atoms with Crippen LogP contribution in [0.2, 0.25) is 5.02 Å². The van der Waals surface area contributed by atoms with E-state index in [1.807, 2.05) is 13.0 Å². The van der Waals surface area contributed by atoms with Crippen LogP contribution in [0.1, 0.15) is 25.3 Å². The Morgan fingerprint density at radius 3 is 3.00 bits per heavy atom. The predicted molar refractivity (Wildman–Crippen MR) is 113 cm³/mol. The van der Waals surface area contributed by atoms with Gasteiger partial charge < -0.3 is 10.2 Å². The van der Waals surface area contributed by atoms with E-state index in [0.717, 1.165) is 25.1 Å². The van der Waals surface area contributed by atoms with E-state index in [4.69, 9.17) is 11.6 Å². The van der Waals surface area contributed by atoms with E-state index in [0.29, 0.717) is 28.1 Å². The third-order valence-electron chi connectivity index (χ3n) is 5.21. The predicted octanol–water partition coefficient (Wildman–Crippen LogP) is 2.73. The van der Waals surface area contributed by atoms with Gasteiger partial charge in [-0.1, -0.05) is 24.6 Å². The molecule has 8 nitrogen and oxygen atoms in total. The van der Waals surface area contributed by atoms with Crippen molar-refractivity contribution < 1.29 is 4.79 Å². The van der Waals surface area contributed by atoms with E-state index in [1.54, 1.807) is 24.5 Å². The summed E-state index contributed by atoms with van der Waals surface area (Å²) in [7, 11) is 0. The topological polar surface area (TPSA) is 84.5 Å². The molecule has 1 aromatic carbocycles. The maximum Gasteiger partial charge on any atom is 0.350 e. The maximum absolute atomic E-state index is 12.8. The van der Waals surface area contributed by atoms with Crippen molar-refractivity contribution in [3.63, 3.8) is 0 Å². The number of nitrogens with zero attached hydrogens (tertiary/aromatic N) is 5. The number of amides is 1. The van der Waals surface area contributed by atoms with Crippen LogP contribution >= 0.6 is 11.6 Å². The molecule has 0 saturated carbocycles. The van der Waals surface area contributed by atoms with Crippen molar-refractivity contribution in [2.24, 2.45) is 5.92 Å². The minimum absolute atomic E-state index is 0.192. The molecule has 1 N–H and O–H groups in total. The minimum atomic E-state index is -0.369. The molecule has 152 valence electrons. The average molecular weight is 415 g/mol. The normalized spacial score (nSPS) is 16.9. The largest absolute Gasteiger partial charge is 0.353 e. The van der Waals surface area contributed by atoms with Gasteiger partial charge in [-0.2, -0.15) is 0 Å². The number of carbonyl (C=O) groups is 1. The molecule has 0 spiro atoms. The summed E-state index contributed by atoms with van der Waals surface area (Å²) in [5, 5.41) is 7.74. The molecule has 2 aromatic heterocycles. The smallest absolute Gasteiger partial charge is 0.350 e. The molecular formula is C20H23ClN6O2. The lowest BCUT2D eigenvalue weighted by molar-refractivity contribution is -0.117. The number of benzene rings is 1. The van der Waals surface area contributed by atoms with Gasteiger partial charge in [0.05, 0.1) is 0 Å². The zero-order valence-electron chi connectivity index (χ0n) is 16.4. The van der Waals surface area contributed by atoms with Gasteiger partial charge in [0.1, 0.15) is 6.54 Å². The van der Waals surface area contributed by atoms with Gasteiger partial charge in [-0.15, -0.1) is 5.10 Å². The Morgan fingerprint density at radius 2 is 2.21 bits per heavy atom. The molecule has 1 aliphatic rings. The van der Waals surface area contributed by atoms with Crippen LogP contribution in [0.4, 0.5) is 11.5 Å². The van der Waals surface area contributed by atoms with Crippen molar-refractivity contribution in [2.75, 3.05) is 23.3 Å². The Kier molecular flexibility index (Phi) is 5.27. The summed E-state index contributed by atoms with van der Waals surface area (Å²) in [4.78, 5) is 31.9. The molecule has 3 aromatic rings. The highest BCUT2D eigenvalue weighted by Crippen LogP contribution is 2.23. The number of carbonyl (C=O) groups excluding carboxylic acids is 1. The molecule has 0 aliphatic carbocycles. The Morgan fingerprint density at radius 1 is 1.38 bits per heavy atom. The van der Waals surface area contributed by atoms with Gasteiger partial charge in [0, 0.05) is 36.2 Å². The summed E-state index contributed by atoms with van der Waals surface area (Å²) < 4.78 is 2.61. The summed E-state index contributed by atoms with van der Waals surface area (Å²) in [5.41, 5.74) is 1.60. The number of hydrogen-bond donors (Lipinski definition) is 1. The molecule has 1 fully saturated rings. The van der Waals surface area contributed by atoms with Crippen LogP contribution in [0, 0.1) is 12.8 Å². The molecular weight excluding hydrogens is 392 g/mol. The first kappa shape index (κ1) is 19.4. The van der Waals surface area contributed by atoms with Crippen LogP contribution in [0.15, 0.2) is 35.4 Å². The van der Waals surface area contributed by atoms with Crippen LogP contribution in [0.3, 0.4) is 0 Å². The summed E-state index contributed by atoms with van der Waals surface area (Å²) in [6, 6.07) is 5.27. The third kappa shape index (κ3) is 3.98. The van der Waals surface area contributed by atoms with Crippen molar-refractivity contribution in [1.82, 2.24) is 19.2 Å². The van der Waals surface area contributed by atoms with E-state index in [9.17, 15) is 9.59 Å². The van der Waals surface area contributed by atoms with Crippen LogP contribution in [0.25, 0.3) is 5.65 Å². The molecule has 1 saturated heterocycles. The van der Waals surface area contributed by atoms with Crippen molar-refractivity contribution >= 4 is 34.7 Å². The van der Waals surface area contributed by atoms with Crippen molar-refractivity contribution in [3.8, 4) is 0 Å². The average Bonchev–Trinajstić information content (AvgIpc) is 3.00. The number of hydrogen-bond acceptors (Lipinski definition) is 5. The highest BCUT2D eigenvalue weighted by atomic mass is 35.5. The molecule has 1 atom stereocenters. The zero-order chi connectivity index (χ0) is 20.5. The first-order valence-corrected chi connectivity index (χ1v) is 10.1. The molecule has 1 amide bonds. The van der Waals surface area contributed by atoms with Gasteiger partial charge in [0.25, 0.3) is 0 Å². The van der Waals surface area contributed by atoms with Crippen LogP contribution in [-0.2, 0) is 11.3 Å². The number of aromatic nitrogens is 4. The Hall–Kier alpha value is -2.87. The second kappa shape index (κ2) is 7.87. The highest BCUT2D eigenvalue weighted by Gasteiger charge is 2.22. The third-order valence-corrected chi connectivity index (χ3v) is 5.44. The Labute approximate surface area is 173 Å². The minimum Gasteiger partial charge on any atom is -0.353 e. The molecule has 1 aliphatic heterocycles. The molecule has 0 radical (unpaired) electrons. The number of aryl methyl sites for hydroxylation is 1. The van der Waals surface area contributed by atoms with E-state index in [2.05, 4.69) is 27.2 Å². The second-order valence-electron chi connectivity index (χ2n) is 7.59. The number of fused-ring (bicyclic) bond motifs is 1. The van der Waals surface area contributed by atoms with Crippen molar-refractivity contribution in [3.05, 3.63) is 51.7 Å². The zero-order valence-corrected chi connectivity index (χ0v) is 17.2. The standard InChI is InChI=1S/C20H23ClN6O2/c1-13-4-3-8-25(11-13)18-19-24-27(20(29)26(19)9-7-22-18)12-17(28)23-16-10-15(21)6-5-14(16)2/h5-7,9-10,13H,3-4,8,11-12H2,1-2H3,(H,23,28)/t13-/m1/s1. The summed E-state index contributed by atoms with van der Waals surface area (Å²) in [6.07, 6.45) is 5.45. The number of piperidine rings is 1. The van der Waals surface area contributed by atoms with E-state index < -0.39 is 0 Å². The molecule has 9 heteroatoms. The highest BCUT2D eigenvalue weighted by molar-refractivity contribution is 6.31. The van der Waals surface area contributed by atoms with Crippen LogP contribution in [-0.4, -0.2) is 38.2 Å². The lowest BCUT2D eigenvalue weighted by Gasteiger charge is -2.31. The number of anilines is 2. The van der Waals surface area contributed by atoms with Crippen molar-refractivity contribution in [1.29, 1.82) is 0 Å². The van der Waals surface area contributed by atoms with Gasteiger partial charge in [-0.25, -0.2) is 18.9 Å². The molecule has 0 unspecified atom stereocenters. The fraction of sp³-hybridized carbons (Fsp3) is 0.400. The maximum atomic E-state index is 12.8. The fourth-order valence-corrected chi connectivity index (χ4v) is 3.87. The summed E-state index contributed by atoms with van der Waals surface area (Å²) >= 11 is 6.01. The Bertz CT molecular complexity index is 1120. The van der Waals surface area contributed by atoms with E-state index in [1.165, 1.54) is 15.5 Å². The number of nitrogens with one attached hydrogen (secondary N) is 1. The summed E-state index contributed by atoms with van der Waals surface area (Å²) in [6.45, 7) is 5.65. The van der Waals surface area contributed by atoms with Gasteiger partial charge in [0.15, 0.2) is 5.82 Å². The quantitative estimate of drug-likeness (QED) is 0.709. The van der Waals surface area contributed by atoms with E-state index in [-0.39, 0.29) is 18.1 Å². The SMILES string of the molecule is Cc1ccc(Cl)cc1NC(=O)Cn1nc2c(N3CCC[C@@H](C)C3)nccn2c1=O. The van der Waals surface area contributed by atoms with Gasteiger partial charge in [-0.05, 0) is 43.4 Å². The van der Waals surface area contributed by atoms with Gasteiger partial charge >= 0.3 is 5.69 Å². The lowest BCUT2D eigenvalue weighted by Crippen LogP contribution is -2.35. The Balaban J connectivity index is 1.60.